The summed E-state index contributed by atoms with van der Waals surface area (Å²) in [6.07, 6.45) is 5.31. The zero-order chi connectivity index (χ0) is 16.4. The van der Waals surface area contributed by atoms with Gasteiger partial charge in [0.15, 0.2) is 0 Å². The van der Waals surface area contributed by atoms with Gasteiger partial charge in [0.1, 0.15) is 0 Å². The van der Waals surface area contributed by atoms with Crippen LogP contribution >= 0.6 is 12.4 Å². The summed E-state index contributed by atoms with van der Waals surface area (Å²) in [4.78, 5) is 26.1. The highest BCUT2D eigenvalue weighted by Gasteiger charge is 2.40. The fourth-order valence-electron chi connectivity index (χ4n) is 3.60. The average molecular weight is 352 g/mol. The molecule has 0 unspecified atom stereocenters. The van der Waals surface area contributed by atoms with Gasteiger partial charge in [-0.05, 0) is 55.8 Å². The summed E-state index contributed by atoms with van der Waals surface area (Å²) in [5, 5.41) is 0. The minimum Gasteiger partial charge on any atom is -0.366 e. The van der Waals surface area contributed by atoms with Gasteiger partial charge in [-0.3, -0.25) is 9.59 Å². The quantitative estimate of drug-likeness (QED) is 0.822. The third-order valence-electron chi connectivity index (χ3n) is 5.14. The maximum atomic E-state index is 13.0. The first-order valence-electron chi connectivity index (χ1n) is 8.49. The topological polar surface area (TPSA) is 89.4 Å². The minimum atomic E-state index is -0.427. The summed E-state index contributed by atoms with van der Waals surface area (Å²) in [6, 6.07) is 7.60. The van der Waals surface area contributed by atoms with Gasteiger partial charge in [-0.2, -0.15) is 0 Å². The molecule has 24 heavy (non-hydrogen) atoms. The SMILES string of the molecule is Cl.NC[C@H]1CCC[C@H]1C(=O)N(Cc1ccc(C(N)=O)cc1)C1CC1. The molecule has 5 nitrogen and oxygen atoms in total. The molecule has 0 aliphatic heterocycles. The fraction of sp³-hybridized carbons (Fsp3) is 0.556. The Bertz CT molecular complexity index is 586. The van der Waals surface area contributed by atoms with E-state index in [1.807, 2.05) is 17.0 Å². The van der Waals surface area contributed by atoms with Crippen LogP contribution in [0.15, 0.2) is 24.3 Å². The van der Waals surface area contributed by atoms with E-state index in [2.05, 4.69) is 0 Å². The van der Waals surface area contributed by atoms with Gasteiger partial charge in [0.05, 0.1) is 0 Å². The molecule has 2 aliphatic rings. The highest BCUT2D eigenvalue weighted by Crippen LogP contribution is 2.36. The fourth-order valence-corrected chi connectivity index (χ4v) is 3.60. The van der Waals surface area contributed by atoms with Crippen LogP contribution in [0.1, 0.15) is 48.0 Å². The third-order valence-corrected chi connectivity index (χ3v) is 5.14. The number of hydrogen-bond donors (Lipinski definition) is 2. The third kappa shape index (κ3) is 4.08. The van der Waals surface area contributed by atoms with Crippen molar-refractivity contribution in [2.45, 2.75) is 44.7 Å². The predicted octanol–water partition coefficient (Wildman–Crippen LogP) is 2.07. The number of amides is 2. The monoisotopic (exact) mass is 351 g/mol. The number of carbonyl (C=O) groups is 2. The number of nitrogens with two attached hydrogens (primary N) is 2. The lowest BCUT2D eigenvalue weighted by molar-refractivity contribution is -0.137. The summed E-state index contributed by atoms with van der Waals surface area (Å²) in [5.41, 5.74) is 12.6. The van der Waals surface area contributed by atoms with Gasteiger partial charge < -0.3 is 16.4 Å². The number of rotatable bonds is 6. The van der Waals surface area contributed by atoms with E-state index in [1.165, 1.54) is 0 Å². The molecule has 0 aromatic heterocycles. The highest BCUT2D eigenvalue weighted by atomic mass is 35.5. The molecule has 2 atom stereocenters. The molecular formula is C18H26ClN3O2. The van der Waals surface area contributed by atoms with Crippen molar-refractivity contribution in [3.8, 4) is 0 Å². The molecule has 2 amide bonds. The van der Waals surface area contributed by atoms with E-state index in [0.717, 1.165) is 37.7 Å². The van der Waals surface area contributed by atoms with Crippen molar-refractivity contribution in [2.24, 2.45) is 23.3 Å². The van der Waals surface area contributed by atoms with Crippen LogP contribution in [-0.4, -0.2) is 29.3 Å². The largest absolute Gasteiger partial charge is 0.366 e. The highest BCUT2D eigenvalue weighted by molar-refractivity contribution is 5.92. The van der Waals surface area contributed by atoms with E-state index in [0.29, 0.717) is 30.6 Å². The lowest BCUT2D eigenvalue weighted by atomic mass is 9.94. The molecule has 0 heterocycles. The predicted molar refractivity (Wildman–Crippen MR) is 95.7 cm³/mol. The van der Waals surface area contributed by atoms with Gasteiger partial charge >= 0.3 is 0 Å². The van der Waals surface area contributed by atoms with Crippen molar-refractivity contribution >= 4 is 24.2 Å². The van der Waals surface area contributed by atoms with Crippen molar-refractivity contribution in [3.63, 3.8) is 0 Å². The number of benzene rings is 1. The molecule has 3 rings (SSSR count). The Morgan fingerprint density at radius 1 is 1.08 bits per heavy atom. The molecule has 2 saturated carbocycles. The first-order valence-corrected chi connectivity index (χ1v) is 8.49. The van der Waals surface area contributed by atoms with Crippen LogP contribution in [0.5, 0.6) is 0 Å². The van der Waals surface area contributed by atoms with Crippen LogP contribution in [0, 0.1) is 11.8 Å². The average Bonchev–Trinajstić information content (AvgIpc) is 3.28. The first-order chi connectivity index (χ1) is 11.1. The number of carbonyl (C=O) groups excluding carboxylic acids is 2. The Labute approximate surface area is 149 Å². The molecular weight excluding hydrogens is 326 g/mol. The Hall–Kier alpha value is -1.59. The molecule has 0 saturated heterocycles. The second-order valence-corrected chi connectivity index (χ2v) is 6.79. The Kier molecular flexibility index (Phi) is 6.24. The Morgan fingerprint density at radius 3 is 2.29 bits per heavy atom. The Morgan fingerprint density at radius 2 is 1.75 bits per heavy atom. The second kappa shape index (κ2) is 7.99. The van der Waals surface area contributed by atoms with Gasteiger partial charge in [-0.25, -0.2) is 0 Å². The van der Waals surface area contributed by atoms with Crippen molar-refractivity contribution < 1.29 is 9.59 Å². The van der Waals surface area contributed by atoms with E-state index in [1.54, 1.807) is 12.1 Å². The molecule has 1 aromatic carbocycles. The van der Waals surface area contributed by atoms with Crippen molar-refractivity contribution in [2.75, 3.05) is 6.54 Å². The molecule has 0 spiro atoms. The maximum absolute atomic E-state index is 13.0. The first kappa shape index (κ1) is 18.7. The van der Waals surface area contributed by atoms with Crippen LogP contribution in [0.4, 0.5) is 0 Å². The molecule has 132 valence electrons. The van der Waals surface area contributed by atoms with Gasteiger partial charge in [0.2, 0.25) is 11.8 Å². The normalized spacial score (nSPS) is 22.7. The number of nitrogens with zero attached hydrogens (tertiary/aromatic N) is 1. The molecule has 1 aromatic rings. The van der Waals surface area contributed by atoms with Crippen molar-refractivity contribution in [1.82, 2.24) is 4.90 Å². The lowest BCUT2D eigenvalue weighted by Crippen LogP contribution is -2.40. The zero-order valence-electron chi connectivity index (χ0n) is 13.8. The molecule has 0 radical (unpaired) electrons. The Balaban J connectivity index is 0.00000208. The maximum Gasteiger partial charge on any atom is 0.248 e. The van der Waals surface area contributed by atoms with Crippen LogP contribution in [0.3, 0.4) is 0 Å². The standard InChI is InChI=1S/C18H25N3O2.ClH/c19-10-14-2-1-3-16(14)18(23)21(15-8-9-15)11-12-4-6-13(7-5-12)17(20)22;/h4-7,14-16H,1-3,8-11,19H2,(H2,20,22);1H/t14-,16-;/m1./s1. The van der Waals surface area contributed by atoms with Crippen molar-refractivity contribution in [3.05, 3.63) is 35.4 Å². The summed E-state index contributed by atoms with van der Waals surface area (Å²) in [5.74, 6) is 0.259. The van der Waals surface area contributed by atoms with Crippen LogP contribution in [0.2, 0.25) is 0 Å². The van der Waals surface area contributed by atoms with Crippen LogP contribution in [-0.2, 0) is 11.3 Å². The van der Waals surface area contributed by atoms with E-state index >= 15 is 0 Å². The number of primary amides is 1. The molecule has 2 aliphatic carbocycles. The number of hydrogen-bond acceptors (Lipinski definition) is 3. The van der Waals surface area contributed by atoms with E-state index in [4.69, 9.17) is 11.5 Å². The van der Waals surface area contributed by atoms with Gasteiger partial charge in [0.25, 0.3) is 0 Å². The summed E-state index contributed by atoms with van der Waals surface area (Å²) in [7, 11) is 0. The summed E-state index contributed by atoms with van der Waals surface area (Å²) in [6.45, 7) is 1.21. The summed E-state index contributed by atoms with van der Waals surface area (Å²) >= 11 is 0. The van der Waals surface area contributed by atoms with E-state index in [-0.39, 0.29) is 24.2 Å². The molecule has 2 fully saturated rings. The molecule has 0 bridgehead atoms. The van der Waals surface area contributed by atoms with Gasteiger partial charge in [-0.15, -0.1) is 12.4 Å². The minimum absolute atomic E-state index is 0. The van der Waals surface area contributed by atoms with E-state index < -0.39 is 5.91 Å². The van der Waals surface area contributed by atoms with Crippen molar-refractivity contribution in [1.29, 1.82) is 0 Å². The second-order valence-electron chi connectivity index (χ2n) is 6.79. The van der Waals surface area contributed by atoms with Gasteiger partial charge in [0, 0.05) is 24.1 Å². The molecule has 6 heteroatoms. The zero-order valence-corrected chi connectivity index (χ0v) is 14.6. The smallest absolute Gasteiger partial charge is 0.248 e. The number of halogens is 1. The van der Waals surface area contributed by atoms with Crippen LogP contribution < -0.4 is 11.5 Å². The molecule has 4 N–H and O–H groups in total. The van der Waals surface area contributed by atoms with Gasteiger partial charge in [-0.1, -0.05) is 18.6 Å². The van der Waals surface area contributed by atoms with Crippen LogP contribution in [0.25, 0.3) is 0 Å². The summed E-state index contributed by atoms with van der Waals surface area (Å²) < 4.78 is 0. The lowest BCUT2D eigenvalue weighted by Gasteiger charge is -2.28. The van der Waals surface area contributed by atoms with E-state index in [9.17, 15) is 9.59 Å².